The van der Waals surface area contributed by atoms with Crippen molar-refractivity contribution in [2.75, 3.05) is 19.0 Å². The van der Waals surface area contributed by atoms with Crippen LogP contribution in [0.2, 0.25) is 0 Å². The number of aromatic nitrogens is 1. The summed E-state index contributed by atoms with van der Waals surface area (Å²) in [4.78, 5) is 7.53. The van der Waals surface area contributed by atoms with E-state index in [4.69, 9.17) is 0 Å². The lowest BCUT2D eigenvalue weighted by Gasteiger charge is -2.07. The lowest BCUT2D eigenvalue weighted by atomic mass is 10.0. The van der Waals surface area contributed by atoms with Gasteiger partial charge in [-0.15, -0.1) is 0 Å². The molecular weight excluding hydrogens is 244 g/mol. The summed E-state index contributed by atoms with van der Waals surface area (Å²) in [6.07, 6.45) is 0. The number of aliphatic hydroxyl groups is 1. The van der Waals surface area contributed by atoms with E-state index in [-0.39, 0.29) is 6.61 Å². The lowest BCUT2D eigenvalue weighted by molar-refractivity contribution is 0.286. The van der Waals surface area contributed by atoms with Crippen LogP contribution >= 0.6 is 11.3 Å². The molecule has 0 saturated heterocycles. The molecule has 96 valence electrons. The van der Waals surface area contributed by atoms with Crippen LogP contribution < -0.4 is 4.90 Å². The molecule has 1 N–H and O–H groups in total. The summed E-state index contributed by atoms with van der Waals surface area (Å²) >= 11 is 1.54. The minimum absolute atomic E-state index is 0.0359. The van der Waals surface area contributed by atoms with Gasteiger partial charge < -0.3 is 10.0 Å². The Morgan fingerprint density at radius 1 is 1.28 bits per heavy atom. The fraction of sp³-hybridized carbons (Fsp3) is 0.357. The average molecular weight is 262 g/mol. The Hall–Kier alpha value is -1.39. The molecule has 0 saturated carbocycles. The van der Waals surface area contributed by atoms with E-state index in [0.717, 1.165) is 21.3 Å². The highest BCUT2D eigenvalue weighted by Gasteiger charge is 2.15. The summed E-state index contributed by atoms with van der Waals surface area (Å²) in [5.74, 6) is 0. The van der Waals surface area contributed by atoms with Gasteiger partial charge in [0, 0.05) is 19.7 Å². The topological polar surface area (TPSA) is 36.4 Å². The van der Waals surface area contributed by atoms with Crippen molar-refractivity contribution in [3.63, 3.8) is 0 Å². The van der Waals surface area contributed by atoms with E-state index < -0.39 is 0 Å². The fourth-order valence-corrected chi connectivity index (χ4v) is 2.70. The molecular formula is C14H18N2OS. The van der Waals surface area contributed by atoms with E-state index in [0.29, 0.717) is 0 Å². The first-order chi connectivity index (χ1) is 8.52. The maximum atomic E-state index is 9.49. The molecule has 0 aliphatic heterocycles. The summed E-state index contributed by atoms with van der Waals surface area (Å²) in [5.41, 5.74) is 4.42. The van der Waals surface area contributed by atoms with E-state index in [1.807, 2.05) is 19.0 Å². The third kappa shape index (κ3) is 2.40. The maximum absolute atomic E-state index is 9.49. The second-order valence-electron chi connectivity index (χ2n) is 4.64. The molecule has 3 nitrogen and oxygen atoms in total. The number of thiazole rings is 1. The molecule has 0 fully saturated rings. The summed E-state index contributed by atoms with van der Waals surface area (Å²) < 4.78 is 0. The summed E-state index contributed by atoms with van der Waals surface area (Å²) in [6.45, 7) is 4.18. The molecule has 18 heavy (non-hydrogen) atoms. The molecule has 1 aromatic carbocycles. The van der Waals surface area contributed by atoms with Crippen molar-refractivity contribution in [2.24, 2.45) is 0 Å². The van der Waals surface area contributed by atoms with Crippen LogP contribution in [-0.4, -0.2) is 24.2 Å². The highest BCUT2D eigenvalue weighted by Crippen LogP contribution is 2.34. The number of aliphatic hydroxyl groups excluding tert-OH is 1. The van der Waals surface area contributed by atoms with Crippen LogP contribution in [-0.2, 0) is 6.61 Å². The highest BCUT2D eigenvalue weighted by atomic mass is 32.1. The van der Waals surface area contributed by atoms with Crippen LogP contribution in [0.15, 0.2) is 18.2 Å². The van der Waals surface area contributed by atoms with E-state index in [1.54, 1.807) is 11.3 Å². The summed E-state index contributed by atoms with van der Waals surface area (Å²) in [7, 11) is 3.93. The third-order valence-corrected chi connectivity index (χ3v) is 4.07. The molecule has 0 bridgehead atoms. The molecule has 2 rings (SSSR count). The van der Waals surface area contributed by atoms with Crippen molar-refractivity contribution >= 4 is 16.5 Å². The molecule has 0 spiro atoms. The largest absolute Gasteiger partial charge is 0.391 e. The van der Waals surface area contributed by atoms with Crippen LogP contribution in [0, 0.1) is 13.8 Å². The predicted molar refractivity (Wildman–Crippen MR) is 77.3 cm³/mol. The zero-order chi connectivity index (χ0) is 13.3. The number of rotatable bonds is 3. The molecule has 0 aliphatic rings. The Morgan fingerprint density at radius 3 is 2.61 bits per heavy atom. The number of hydrogen-bond donors (Lipinski definition) is 1. The SMILES string of the molecule is Cc1ccc(C)c(-c2nc(N(C)C)sc2CO)c1. The van der Waals surface area contributed by atoms with Crippen molar-refractivity contribution in [3.8, 4) is 11.3 Å². The van der Waals surface area contributed by atoms with Gasteiger partial charge in [-0.3, -0.25) is 0 Å². The van der Waals surface area contributed by atoms with Gasteiger partial charge in [0.25, 0.3) is 0 Å². The van der Waals surface area contributed by atoms with E-state index in [2.05, 4.69) is 37.0 Å². The Labute approximate surface area is 112 Å². The molecule has 0 radical (unpaired) electrons. The first kappa shape index (κ1) is 13.1. The average Bonchev–Trinajstić information content (AvgIpc) is 2.76. The standard InChI is InChI=1S/C14H18N2OS/c1-9-5-6-10(2)11(7-9)13-12(8-17)18-14(15-13)16(3)4/h5-7,17H,8H2,1-4H3. The first-order valence-corrected chi connectivity index (χ1v) is 6.70. The lowest BCUT2D eigenvalue weighted by Crippen LogP contribution is -2.07. The normalized spacial score (nSPS) is 10.7. The van der Waals surface area contributed by atoms with Crippen molar-refractivity contribution < 1.29 is 5.11 Å². The minimum atomic E-state index is 0.0359. The molecule has 0 atom stereocenters. The van der Waals surface area contributed by atoms with Crippen LogP contribution in [0.5, 0.6) is 0 Å². The molecule has 2 aromatic rings. The number of aryl methyl sites for hydroxylation is 2. The van der Waals surface area contributed by atoms with Gasteiger partial charge in [-0.05, 0) is 25.5 Å². The fourth-order valence-electron chi connectivity index (χ4n) is 1.84. The highest BCUT2D eigenvalue weighted by molar-refractivity contribution is 7.16. The zero-order valence-corrected chi connectivity index (χ0v) is 12.0. The molecule has 0 amide bonds. The zero-order valence-electron chi connectivity index (χ0n) is 11.2. The molecule has 0 aliphatic carbocycles. The van der Waals surface area contributed by atoms with E-state index in [9.17, 15) is 5.11 Å². The number of benzene rings is 1. The van der Waals surface area contributed by atoms with Crippen molar-refractivity contribution in [1.82, 2.24) is 4.98 Å². The Balaban J connectivity index is 2.58. The van der Waals surface area contributed by atoms with Crippen LogP contribution in [0.4, 0.5) is 5.13 Å². The summed E-state index contributed by atoms with van der Waals surface area (Å²) in [5, 5.41) is 10.4. The second-order valence-corrected chi connectivity index (χ2v) is 5.70. The van der Waals surface area contributed by atoms with Gasteiger partial charge in [0.1, 0.15) is 0 Å². The molecule has 4 heteroatoms. The van der Waals surface area contributed by atoms with Gasteiger partial charge >= 0.3 is 0 Å². The van der Waals surface area contributed by atoms with Crippen LogP contribution in [0.3, 0.4) is 0 Å². The second kappa shape index (κ2) is 5.08. The van der Waals surface area contributed by atoms with Crippen molar-refractivity contribution in [3.05, 3.63) is 34.2 Å². The Morgan fingerprint density at radius 2 is 2.00 bits per heavy atom. The van der Waals surface area contributed by atoms with Crippen molar-refractivity contribution in [1.29, 1.82) is 0 Å². The predicted octanol–water partition coefficient (Wildman–Crippen LogP) is 2.99. The quantitative estimate of drug-likeness (QED) is 0.924. The van der Waals surface area contributed by atoms with Gasteiger partial charge in [-0.2, -0.15) is 0 Å². The number of anilines is 1. The molecule has 0 unspecified atom stereocenters. The number of hydrogen-bond acceptors (Lipinski definition) is 4. The Kier molecular flexibility index (Phi) is 3.68. The van der Waals surface area contributed by atoms with E-state index >= 15 is 0 Å². The van der Waals surface area contributed by atoms with Gasteiger partial charge in [-0.1, -0.05) is 29.0 Å². The van der Waals surface area contributed by atoms with Gasteiger partial charge in [-0.25, -0.2) is 4.98 Å². The molecule has 1 aromatic heterocycles. The number of nitrogens with zero attached hydrogens (tertiary/aromatic N) is 2. The smallest absolute Gasteiger partial charge is 0.185 e. The van der Waals surface area contributed by atoms with Gasteiger partial charge in [0.15, 0.2) is 5.13 Å². The monoisotopic (exact) mass is 262 g/mol. The first-order valence-electron chi connectivity index (χ1n) is 5.88. The van der Waals surface area contributed by atoms with E-state index in [1.165, 1.54) is 11.1 Å². The van der Waals surface area contributed by atoms with Crippen molar-refractivity contribution in [2.45, 2.75) is 20.5 Å². The maximum Gasteiger partial charge on any atom is 0.185 e. The van der Waals surface area contributed by atoms with Gasteiger partial charge in [0.2, 0.25) is 0 Å². The third-order valence-electron chi connectivity index (χ3n) is 2.86. The Bertz CT molecular complexity index is 561. The van der Waals surface area contributed by atoms with Crippen LogP contribution in [0.25, 0.3) is 11.3 Å². The van der Waals surface area contributed by atoms with Crippen LogP contribution in [0.1, 0.15) is 16.0 Å². The van der Waals surface area contributed by atoms with Gasteiger partial charge in [0.05, 0.1) is 17.2 Å². The molecule has 1 heterocycles. The summed E-state index contributed by atoms with van der Waals surface area (Å²) in [6, 6.07) is 6.32. The minimum Gasteiger partial charge on any atom is -0.391 e.